The maximum absolute atomic E-state index is 11.9. The van der Waals surface area contributed by atoms with Gasteiger partial charge in [0.15, 0.2) is 5.58 Å². The molecule has 27 heavy (non-hydrogen) atoms. The van der Waals surface area contributed by atoms with Gasteiger partial charge in [0.25, 0.3) is 0 Å². The Balaban J connectivity index is 1.96. The van der Waals surface area contributed by atoms with Crippen molar-refractivity contribution in [3.05, 3.63) is 69.1 Å². The van der Waals surface area contributed by atoms with E-state index in [9.17, 15) is 9.90 Å². The van der Waals surface area contributed by atoms with Crippen molar-refractivity contribution in [2.45, 2.75) is 33.4 Å². The molecule has 0 saturated carbocycles. The lowest BCUT2D eigenvalue weighted by atomic mass is 9.99. The van der Waals surface area contributed by atoms with Gasteiger partial charge in [-0.3, -0.25) is 0 Å². The van der Waals surface area contributed by atoms with E-state index >= 15 is 0 Å². The molecule has 3 aromatic rings. The molecule has 1 unspecified atom stereocenters. The highest BCUT2D eigenvalue weighted by atomic mass is 16.5. The van der Waals surface area contributed by atoms with Gasteiger partial charge in [0, 0.05) is 17.0 Å². The fourth-order valence-corrected chi connectivity index (χ4v) is 3.46. The van der Waals surface area contributed by atoms with Crippen LogP contribution in [0.5, 0.6) is 11.5 Å². The van der Waals surface area contributed by atoms with Crippen LogP contribution in [0.4, 0.5) is 0 Å². The Hall–Kier alpha value is -2.79. The van der Waals surface area contributed by atoms with Gasteiger partial charge in [-0.15, -0.1) is 0 Å². The van der Waals surface area contributed by atoms with Gasteiger partial charge >= 0.3 is 5.63 Å². The second kappa shape index (κ2) is 7.84. The van der Waals surface area contributed by atoms with E-state index in [1.54, 1.807) is 7.11 Å². The molecule has 0 aliphatic carbocycles. The van der Waals surface area contributed by atoms with Gasteiger partial charge in [-0.25, -0.2) is 4.79 Å². The first-order valence-electron chi connectivity index (χ1n) is 9.15. The predicted octanol–water partition coefficient (Wildman–Crippen LogP) is 2.59. The number of ether oxygens (including phenoxy) is 1. The molecule has 0 aliphatic heterocycles. The number of quaternary nitrogens is 1. The Morgan fingerprint density at radius 1 is 1.15 bits per heavy atom. The molecule has 0 fully saturated rings. The molecule has 0 amide bonds. The normalized spacial score (nSPS) is 12.3. The van der Waals surface area contributed by atoms with E-state index in [-0.39, 0.29) is 5.75 Å². The summed E-state index contributed by atoms with van der Waals surface area (Å²) in [5.74, 6) is 1.06. The Morgan fingerprint density at radius 3 is 2.48 bits per heavy atom. The van der Waals surface area contributed by atoms with Crippen LogP contribution < -0.4 is 15.3 Å². The Bertz CT molecular complexity index is 1010. The molecule has 142 valence electrons. The van der Waals surface area contributed by atoms with Gasteiger partial charge in [-0.05, 0) is 54.8 Å². The number of rotatable bonds is 6. The predicted molar refractivity (Wildman–Crippen MR) is 106 cm³/mol. The second-order valence-electron chi connectivity index (χ2n) is 7.00. The van der Waals surface area contributed by atoms with Crippen LogP contribution in [0.25, 0.3) is 11.0 Å². The Labute approximate surface area is 158 Å². The first-order chi connectivity index (χ1) is 12.9. The number of benzene rings is 2. The van der Waals surface area contributed by atoms with Crippen molar-refractivity contribution in [3.63, 3.8) is 0 Å². The number of aromatic hydroxyl groups is 1. The summed E-state index contributed by atoms with van der Waals surface area (Å²) < 4.78 is 10.7. The second-order valence-corrected chi connectivity index (χ2v) is 7.00. The Kier molecular flexibility index (Phi) is 5.51. The summed E-state index contributed by atoms with van der Waals surface area (Å²) in [7, 11) is 3.71. The number of hydrogen-bond acceptors (Lipinski definition) is 4. The van der Waals surface area contributed by atoms with Gasteiger partial charge in [-0.2, -0.15) is 0 Å². The van der Waals surface area contributed by atoms with Crippen LogP contribution in [-0.4, -0.2) is 19.3 Å². The molecular weight excluding hydrogens is 342 g/mol. The van der Waals surface area contributed by atoms with Crippen molar-refractivity contribution in [2.24, 2.45) is 0 Å². The largest absolute Gasteiger partial charge is 0.507 e. The van der Waals surface area contributed by atoms with Crippen molar-refractivity contribution in [1.29, 1.82) is 0 Å². The summed E-state index contributed by atoms with van der Waals surface area (Å²) in [6.45, 7) is 5.23. The summed E-state index contributed by atoms with van der Waals surface area (Å²) in [6, 6.07) is 11.4. The average Bonchev–Trinajstić information content (AvgIpc) is 2.64. The molecule has 0 spiro atoms. The van der Waals surface area contributed by atoms with Crippen molar-refractivity contribution in [3.8, 4) is 11.5 Å². The molecule has 5 nitrogen and oxygen atoms in total. The zero-order chi connectivity index (χ0) is 19.6. The van der Waals surface area contributed by atoms with Gasteiger partial charge in [-0.1, -0.05) is 6.92 Å². The monoisotopic (exact) mass is 368 g/mol. The quantitative estimate of drug-likeness (QED) is 0.657. The highest BCUT2D eigenvalue weighted by Crippen LogP contribution is 2.32. The van der Waals surface area contributed by atoms with Crippen LogP contribution in [-0.2, 0) is 19.5 Å². The molecule has 3 rings (SSSR count). The smallest absolute Gasteiger partial charge is 0.336 e. The fourth-order valence-electron chi connectivity index (χ4n) is 3.46. The molecular formula is C22H26NO4+. The first kappa shape index (κ1) is 19.0. The molecule has 1 heterocycles. The minimum atomic E-state index is -0.391. The van der Waals surface area contributed by atoms with Crippen LogP contribution >= 0.6 is 0 Å². The summed E-state index contributed by atoms with van der Waals surface area (Å²) in [5.41, 5.74) is 3.69. The van der Waals surface area contributed by atoms with Gasteiger partial charge in [0.1, 0.15) is 24.6 Å². The number of hydrogen-bond donors (Lipinski definition) is 2. The lowest BCUT2D eigenvalue weighted by molar-refractivity contribution is -0.907. The third kappa shape index (κ3) is 3.98. The van der Waals surface area contributed by atoms with E-state index in [1.165, 1.54) is 16.5 Å². The maximum atomic E-state index is 11.9. The molecule has 0 saturated heterocycles. The lowest BCUT2D eigenvalue weighted by Gasteiger charge is -2.18. The highest BCUT2D eigenvalue weighted by molar-refractivity contribution is 5.86. The minimum Gasteiger partial charge on any atom is -0.507 e. The van der Waals surface area contributed by atoms with E-state index in [0.29, 0.717) is 24.1 Å². The van der Waals surface area contributed by atoms with Crippen molar-refractivity contribution in [1.82, 2.24) is 0 Å². The number of nitrogens with one attached hydrogen (secondary N) is 1. The summed E-state index contributed by atoms with van der Waals surface area (Å²) in [6.07, 6.45) is 0.713. The number of aryl methyl sites for hydroxylation is 2. The molecule has 1 aromatic heterocycles. The summed E-state index contributed by atoms with van der Waals surface area (Å²) >= 11 is 0. The topological polar surface area (TPSA) is 64.1 Å². The lowest BCUT2D eigenvalue weighted by Crippen LogP contribution is -3.06. The van der Waals surface area contributed by atoms with E-state index in [2.05, 4.69) is 7.05 Å². The number of methoxy groups -OCH3 is 1. The minimum absolute atomic E-state index is 0.229. The van der Waals surface area contributed by atoms with E-state index in [1.807, 2.05) is 44.2 Å². The summed E-state index contributed by atoms with van der Waals surface area (Å²) in [4.78, 5) is 13.1. The van der Waals surface area contributed by atoms with Crippen molar-refractivity contribution < 1.29 is 19.2 Å². The molecule has 2 aromatic carbocycles. The van der Waals surface area contributed by atoms with Crippen molar-refractivity contribution >= 4 is 11.0 Å². The highest BCUT2D eigenvalue weighted by Gasteiger charge is 2.19. The first-order valence-corrected chi connectivity index (χ1v) is 9.15. The van der Waals surface area contributed by atoms with E-state index in [4.69, 9.17) is 9.15 Å². The van der Waals surface area contributed by atoms with Crippen LogP contribution in [0, 0.1) is 6.92 Å². The average molecular weight is 368 g/mol. The summed E-state index contributed by atoms with van der Waals surface area (Å²) in [5, 5.41) is 11.6. The van der Waals surface area contributed by atoms with Gasteiger partial charge in [0.2, 0.25) is 0 Å². The fraction of sp³-hybridized carbons (Fsp3) is 0.318. The molecule has 5 heteroatoms. The molecule has 2 N–H and O–H groups in total. The number of phenolic OH excluding ortho intramolecular Hbond substituents is 1. The number of phenols is 1. The zero-order valence-electron chi connectivity index (χ0n) is 16.3. The van der Waals surface area contributed by atoms with Gasteiger partial charge < -0.3 is 19.2 Å². The molecule has 0 aliphatic rings. The molecule has 1 atom stereocenters. The Morgan fingerprint density at radius 2 is 1.85 bits per heavy atom. The van der Waals surface area contributed by atoms with Crippen LogP contribution in [0.15, 0.2) is 45.6 Å². The van der Waals surface area contributed by atoms with E-state index < -0.39 is 5.63 Å². The third-order valence-corrected chi connectivity index (χ3v) is 4.91. The molecule has 0 radical (unpaired) electrons. The third-order valence-electron chi connectivity index (χ3n) is 4.91. The standard InChI is InChI=1S/C22H25NO4/c1-5-16-11-18-14(2)10-20(24)27-22(18)19(21(16)25)13-23(3)12-15-6-8-17(26-4)9-7-15/h6-11,25H,5,12-13H2,1-4H3/p+1. The van der Waals surface area contributed by atoms with Crippen LogP contribution in [0.1, 0.15) is 29.2 Å². The van der Waals surface area contributed by atoms with Gasteiger partial charge in [0.05, 0.1) is 19.7 Å². The zero-order valence-corrected chi connectivity index (χ0v) is 16.3. The molecule has 0 bridgehead atoms. The van der Waals surface area contributed by atoms with E-state index in [0.717, 1.165) is 28.8 Å². The van der Waals surface area contributed by atoms with Crippen molar-refractivity contribution in [2.75, 3.05) is 14.2 Å². The number of fused-ring (bicyclic) bond motifs is 1. The van der Waals surface area contributed by atoms with Crippen LogP contribution in [0.2, 0.25) is 0 Å². The van der Waals surface area contributed by atoms with Crippen LogP contribution in [0.3, 0.4) is 0 Å². The maximum Gasteiger partial charge on any atom is 0.336 e. The SMILES string of the molecule is CCc1cc2c(C)cc(=O)oc2c(C[NH+](C)Cc2ccc(OC)cc2)c1O.